The Hall–Kier alpha value is -2.13. The summed E-state index contributed by atoms with van der Waals surface area (Å²) in [4.78, 5) is 14.2. The van der Waals surface area contributed by atoms with Crippen molar-refractivity contribution in [3.63, 3.8) is 0 Å². The molecule has 0 spiro atoms. The van der Waals surface area contributed by atoms with Crippen molar-refractivity contribution in [3.05, 3.63) is 71.3 Å². The van der Waals surface area contributed by atoms with Gasteiger partial charge in [0.2, 0.25) is 0 Å². The second-order valence-electron chi connectivity index (χ2n) is 12.3. The van der Waals surface area contributed by atoms with Gasteiger partial charge in [-0.15, -0.1) is 0 Å². The van der Waals surface area contributed by atoms with Crippen LogP contribution in [0.4, 0.5) is 0 Å². The van der Waals surface area contributed by atoms with E-state index >= 15 is 0 Å². The number of benzene rings is 2. The maximum Gasteiger partial charge on any atom is 0.335 e. The molecule has 6 rings (SSSR count). The number of nitrogens with zero attached hydrogens (tertiary/aromatic N) is 1. The summed E-state index contributed by atoms with van der Waals surface area (Å²) in [7, 11) is 0. The van der Waals surface area contributed by atoms with Gasteiger partial charge in [-0.05, 0) is 110 Å². The summed E-state index contributed by atoms with van der Waals surface area (Å²) >= 11 is 0. The van der Waals surface area contributed by atoms with Crippen LogP contribution in [-0.4, -0.2) is 34.6 Å². The molecule has 4 fully saturated rings. The van der Waals surface area contributed by atoms with Crippen molar-refractivity contribution in [2.24, 2.45) is 23.2 Å². The number of aryl methyl sites for hydroxylation is 1. The zero-order valence-corrected chi connectivity index (χ0v) is 21.8. The molecule has 0 amide bonds. The lowest BCUT2D eigenvalue weighted by Gasteiger charge is -2.64. The molecule has 0 aliphatic heterocycles. The van der Waals surface area contributed by atoms with Crippen molar-refractivity contribution >= 4 is 5.97 Å². The van der Waals surface area contributed by atoms with Crippen LogP contribution in [0.25, 0.3) is 0 Å². The van der Waals surface area contributed by atoms with Crippen LogP contribution in [0.5, 0.6) is 0 Å². The first-order chi connectivity index (χ1) is 16.8. The van der Waals surface area contributed by atoms with E-state index in [1.807, 2.05) is 12.1 Å². The molecule has 4 aliphatic carbocycles. The SMILES string of the molecule is C[C@@H]1[C@@H](N(CCCc2ccccc2)C2CCC(c3ccc(C(=O)O)cc3)CC2)C[C@H]2C[C@@H]1C2(C)C. The minimum absolute atomic E-state index is 0.389. The molecule has 3 heteroatoms. The standard InChI is InChI=1S/C32H43NO2/c1-22-29-20-27(32(29,2)3)21-30(22)33(19-7-10-23-8-5-4-6-9-23)28-17-15-25(16-18-28)24-11-13-26(14-12-24)31(34)35/h4-6,8-9,11-14,22,25,27-30H,7,10,15-21H2,1-3H3,(H,34,35)/t22-,25?,27+,28?,29-,30-/m0/s1. The Morgan fingerprint density at radius 1 is 0.971 bits per heavy atom. The summed E-state index contributed by atoms with van der Waals surface area (Å²) in [5.41, 5.74) is 3.70. The van der Waals surface area contributed by atoms with Gasteiger partial charge in [0.25, 0.3) is 0 Å². The van der Waals surface area contributed by atoms with E-state index in [2.05, 4.69) is 56.0 Å². The van der Waals surface area contributed by atoms with Crippen molar-refractivity contribution in [1.82, 2.24) is 4.90 Å². The molecule has 4 saturated carbocycles. The summed E-state index contributed by atoms with van der Waals surface area (Å²) in [6, 6.07) is 20.0. The maximum absolute atomic E-state index is 11.2. The normalized spacial score (nSPS) is 31.7. The summed E-state index contributed by atoms with van der Waals surface area (Å²) in [5.74, 6) is 2.29. The molecule has 0 aromatic heterocycles. The van der Waals surface area contributed by atoms with Crippen molar-refractivity contribution in [2.45, 2.75) is 90.1 Å². The molecule has 4 atom stereocenters. The van der Waals surface area contributed by atoms with Gasteiger partial charge in [0, 0.05) is 12.1 Å². The fraction of sp³-hybridized carbons (Fsp3) is 0.594. The lowest BCUT2D eigenvalue weighted by atomic mass is 9.44. The molecule has 0 unspecified atom stereocenters. The summed E-state index contributed by atoms with van der Waals surface area (Å²) in [6.45, 7) is 8.79. The second-order valence-corrected chi connectivity index (χ2v) is 12.3. The smallest absolute Gasteiger partial charge is 0.335 e. The third kappa shape index (κ3) is 4.94. The highest BCUT2D eigenvalue weighted by atomic mass is 16.4. The van der Waals surface area contributed by atoms with Gasteiger partial charge in [-0.25, -0.2) is 4.79 Å². The molecule has 0 saturated heterocycles. The molecule has 2 aromatic rings. The largest absolute Gasteiger partial charge is 0.478 e. The zero-order valence-electron chi connectivity index (χ0n) is 21.8. The highest BCUT2D eigenvalue weighted by Crippen LogP contribution is 2.62. The topological polar surface area (TPSA) is 40.5 Å². The Bertz CT molecular complexity index is 990. The number of carboxylic acid groups (broad SMARTS) is 1. The average Bonchev–Trinajstić information content (AvgIpc) is 2.87. The van der Waals surface area contributed by atoms with Gasteiger partial charge in [0.1, 0.15) is 0 Å². The molecule has 4 aliphatic rings. The van der Waals surface area contributed by atoms with Crippen LogP contribution in [0, 0.1) is 23.2 Å². The molecule has 1 N–H and O–H groups in total. The first kappa shape index (κ1) is 24.6. The van der Waals surface area contributed by atoms with E-state index in [-0.39, 0.29) is 0 Å². The number of carboxylic acids is 1. The van der Waals surface area contributed by atoms with Crippen LogP contribution in [0.1, 0.15) is 93.1 Å². The highest BCUT2D eigenvalue weighted by Gasteiger charge is 2.57. The van der Waals surface area contributed by atoms with Crippen LogP contribution in [-0.2, 0) is 6.42 Å². The van der Waals surface area contributed by atoms with E-state index in [9.17, 15) is 9.90 Å². The fourth-order valence-electron chi connectivity index (χ4n) is 7.93. The summed E-state index contributed by atoms with van der Waals surface area (Å²) < 4.78 is 0. The third-order valence-corrected chi connectivity index (χ3v) is 10.3. The Morgan fingerprint density at radius 2 is 1.66 bits per heavy atom. The van der Waals surface area contributed by atoms with E-state index in [1.54, 1.807) is 12.1 Å². The monoisotopic (exact) mass is 473 g/mol. The second kappa shape index (κ2) is 10.1. The molecule has 188 valence electrons. The number of carbonyl (C=O) groups is 1. The van der Waals surface area contributed by atoms with Gasteiger partial charge in [0.05, 0.1) is 5.56 Å². The molecule has 2 bridgehead atoms. The molecule has 2 aromatic carbocycles. The molecule has 0 radical (unpaired) electrons. The fourth-order valence-corrected chi connectivity index (χ4v) is 7.93. The van der Waals surface area contributed by atoms with Crippen molar-refractivity contribution < 1.29 is 9.90 Å². The van der Waals surface area contributed by atoms with Gasteiger partial charge in [0.15, 0.2) is 0 Å². The zero-order chi connectivity index (χ0) is 24.6. The minimum atomic E-state index is -0.839. The Morgan fingerprint density at radius 3 is 2.26 bits per heavy atom. The summed E-state index contributed by atoms with van der Waals surface area (Å²) in [6.07, 6.45) is 10.2. The van der Waals surface area contributed by atoms with Crippen LogP contribution < -0.4 is 0 Å². The number of aromatic carboxylic acids is 1. The van der Waals surface area contributed by atoms with Crippen molar-refractivity contribution in [2.75, 3.05) is 6.54 Å². The Kier molecular flexibility index (Phi) is 7.08. The van der Waals surface area contributed by atoms with Crippen LogP contribution in [0.15, 0.2) is 54.6 Å². The van der Waals surface area contributed by atoms with Gasteiger partial charge >= 0.3 is 5.97 Å². The number of hydrogen-bond donors (Lipinski definition) is 1. The maximum atomic E-state index is 11.2. The predicted octanol–water partition coefficient (Wildman–Crippen LogP) is 7.42. The van der Waals surface area contributed by atoms with E-state index in [0.717, 1.165) is 23.8 Å². The van der Waals surface area contributed by atoms with Gasteiger partial charge in [-0.2, -0.15) is 0 Å². The van der Waals surface area contributed by atoms with Gasteiger partial charge < -0.3 is 5.11 Å². The molecule has 3 nitrogen and oxygen atoms in total. The van der Waals surface area contributed by atoms with Gasteiger partial charge in [-0.1, -0.05) is 63.2 Å². The Balaban J connectivity index is 1.25. The molecular formula is C32H43NO2. The minimum Gasteiger partial charge on any atom is -0.478 e. The van der Waals surface area contributed by atoms with E-state index < -0.39 is 5.97 Å². The highest BCUT2D eigenvalue weighted by molar-refractivity contribution is 5.87. The van der Waals surface area contributed by atoms with Crippen LogP contribution in [0.2, 0.25) is 0 Å². The van der Waals surface area contributed by atoms with Crippen molar-refractivity contribution in [3.8, 4) is 0 Å². The van der Waals surface area contributed by atoms with Crippen molar-refractivity contribution in [1.29, 1.82) is 0 Å². The summed E-state index contributed by atoms with van der Waals surface area (Å²) in [5, 5.41) is 9.22. The average molecular weight is 474 g/mol. The number of rotatable bonds is 8. The lowest BCUT2D eigenvalue weighted by molar-refractivity contribution is -0.146. The van der Waals surface area contributed by atoms with Crippen LogP contribution >= 0.6 is 0 Å². The third-order valence-electron chi connectivity index (χ3n) is 10.3. The molecule has 0 heterocycles. The number of fused-ring (bicyclic) bond motifs is 2. The predicted molar refractivity (Wildman–Crippen MR) is 143 cm³/mol. The first-order valence-corrected chi connectivity index (χ1v) is 14.0. The van der Waals surface area contributed by atoms with Gasteiger partial charge in [-0.3, -0.25) is 4.90 Å². The van der Waals surface area contributed by atoms with E-state index in [0.29, 0.717) is 22.9 Å². The van der Waals surface area contributed by atoms with E-state index in [1.165, 1.54) is 69.0 Å². The van der Waals surface area contributed by atoms with E-state index in [4.69, 9.17) is 0 Å². The molecule has 35 heavy (non-hydrogen) atoms. The quantitative estimate of drug-likeness (QED) is 0.434. The van der Waals surface area contributed by atoms with Crippen LogP contribution in [0.3, 0.4) is 0 Å². The molecular weight excluding hydrogens is 430 g/mol. The Labute approximate surface area is 211 Å². The lowest BCUT2D eigenvalue weighted by Crippen LogP contribution is -2.62. The first-order valence-electron chi connectivity index (χ1n) is 14.0. The number of hydrogen-bond acceptors (Lipinski definition) is 2.